The zero-order valence-electron chi connectivity index (χ0n) is 11.1. The highest BCUT2D eigenvalue weighted by molar-refractivity contribution is 7.91. The normalized spacial score (nSPS) is 24.1. The van der Waals surface area contributed by atoms with E-state index >= 15 is 0 Å². The first kappa shape index (κ1) is 13.3. The second-order valence-corrected chi connectivity index (χ2v) is 7.25. The van der Waals surface area contributed by atoms with Crippen molar-refractivity contribution < 1.29 is 13.5 Å². The van der Waals surface area contributed by atoms with Gasteiger partial charge in [0.2, 0.25) is 0 Å². The molecule has 1 unspecified atom stereocenters. The highest BCUT2D eigenvalue weighted by atomic mass is 32.2. The molecular weight excluding hydrogens is 274 g/mol. The van der Waals surface area contributed by atoms with Gasteiger partial charge in [0.05, 0.1) is 10.6 Å². The van der Waals surface area contributed by atoms with Crippen molar-refractivity contribution in [3.05, 3.63) is 59.4 Å². The second kappa shape index (κ2) is 4.40. The van der Waals surface area contributed by atoms with E-state index in [1.807, 2.05) is 13.0 Å². The Balaban J connectivity index is 2.26. The van der Waals surface area contributed by atoms with Crippen LogP contribution in [-0.4, -0.2) is 24.3 Å². The van der Waals surface area contributed by atoms with Crippen LogP contribution in [0.1, 0.15) is 23.1 Å². The van der Waals surface area contributed by atoms with Gasteiger partial charge in [0.25, 0.3) is 0 Å². The van der Waals surface area contributed by atoms with Crippen LogP contribution in [0.25, 0.3) is 0 Å². The first-order chi connectivity index (χ1) is 9.43. The van der Waals surface area contributed by atoms with Crippen LogP contribution in [0.2, 0.25) is 0 Å². The Morgan fingerprint density at radius 1 is 1.25 bits per heavy atom. The van der Waals surface area contributed by atoms with Crippen molar-refractivity contribution in [1.82, 2.24) is 4.98 Å². The quantitative estimate of drug-likeness (QED) is 0.869. The molecule has 1 atom stereocenters. The molecule has 1 aromatic carbocycles. The van der Waals surface area contributed by atoms with Gasteiger partial charge in [0.15, 0.2) is 9.84 Å². The Hall–Kier alpha value is -1.72. The van der Waals surface area contributed by atoms with E-state index in [4.69, 9.17) is 0 Å². The molecule has 3 rings (SSSR count). The van der Waals surface area contributed by atoms with E-state index in [0.717, 1.165) is 5.56 Å². The Labute approximate surface area is 118 Å². The topological polar surface area (TPSA) is 67.3 Å². The van der Waals surface area contributed by atoms with Crippen molar-refractivity contribution >= 4 is 9.84 Å². The molecule has 0 saturated heterocycles. The van der Waals surface area contributed by atoms with Crippen LogP contribution in [0.4, 0.5) is 0 Å². The third kappa shape index (κ3) is 1.94. The molecule has 1 aromatic heterocycles. The maximum absolute atomic E-state index is 12.1. The summed E-state index contributed by atoms with van der Waals surface area (Å²) >= 11 is 0. The standard InChI is InChI=1S/C15H15NO3S/c1-11-8-12(10-16-9-11)15(17)6-7-20(18,19)14-5-3-2-4-13(14)15/h2-5,8-10,17H,6-7H2,1H3. The van der Waals surface area contributed by atoms with Crippen molar-refractivity contribution in [3.8, 4) is 0 Å². The highest BCUT2D eigenvalue weighted by Gasteiger charge is 2.41. The number of aliphatic hydroxyl groups is 1. The van der Waals surface area contributed by atoms with Gasteiger partial charge < -0.3 is 5.11 Å². The zero-order chi connectivity index (χ0) is 14.4. The first-order valence-electron chi connectivity index (χ1n) is 6.40. The molecule has 0 amide bonds. The van der Waals surface area contributed by atoms with Gasteiger partial charge in [-0.1, -0.05) is 18.2 Å². The molecule has 2 heterocycles. The lowest BCUT2D eigenvalue weighted by Gasteiger charge is -2.34. The summed E-state index contributed by atoms with van der Waals surface area (Å²) in [4.78, 5) is 4.32. The number of hydrogen-bond acceptors (Lipinski definition) is 4. The predicted octanol–water partition coefficient (Wildman–Crippen LogP) is 1.80. The number of benzene rings is 1. The number of hydrogen-bond donors (Lipinski definition) is 1. The van der Waals surface area contributed by atoms with Crippen LogP contribution >= 0.6 is 0 Å². The number of nitrogens with zero attached hydrogens (tertiary/aromatic N) is 1. The summed E-state index contributed by atoms with van der Waals surface area (Å²) in [5, 5.41) is 11.0. The Bertz CT molecular complexity index is 770. The summed E-state index contributed by atoms with van der Waals surface area (Å²) < 4.78 is 24.3. The third-order valence-corrected chi connectivity index (χ3v) is 5.52. The molecule has 0 saturated carbocycles. The number of pyridine rings is 1. The summed E-state index contributed by atoms with van der Waals surface area (Å²) in [5.74, 6) is -0.0611. The van der Waals surface area contributed by atoms with Crippen molar-refractivity contribution in [2.45, 2.75) is 23.8 Å². The van der Waals surface area contributed by atoms with Crippen molar-refractivity contribution in [2.75, 3.05) is 5.75 Å². The Morgan fingerprint density at radius 3 is 2.75 bits per heavy atom. The molecule has 20 heavy (non-hydrogen) atoms. The van der Waals surface area contributed by atoms with E-state index in [-0.39, 0.29) is 17.1 Å². The van der Waals surface area contributed by atoms with Crippen molar-refractivity contribution in [2.24, 2.45) is 0 Å². The second-order valence-electron chi connectivity index (χ2n) is 5.18. The maximum Gasteiger partial charge on any atom is 0.178 e. The fourth-order valence-corrected chi connectivity index (χ4v) is 4.33. The minimum Gasteiger partial charge on any atom is -0.380 e. The average molecular weight is 289 g/mol. The van der Waals surface area contributed by atoms with Crippen LogP contribution in [0.3, 0.4) is 0 Å². The van der Waals surface area contributed by atoms with Gasteiger partial charge in [-0.3, -0.25) is 4.98 Å². The third-order valence-electron chi connectivity index (χ3n) is 3.75. The lowest BCUT2D eigenvalue weighted by Crippen LogP contribution is -2.36. The monoisotopic (exact) mass is 289 g/mol. The van der Waals surface area contributed by atoms with Gasteiger partial charge in [-0.15, -0.1) is 0 Å². The number of aromatic nitrogens is 1. The van der Waals surface area contributed by atoms with Crippen LogP contribution in [-0.2, 0) is 15.4 Å². The van der Waals surface area contributed by atoms with E-state index < -0.39 is 15.4 Å². The first-order valence-corrected chi connectivity index (χ1v) is 8.05. The molecule has 0 fully saturated rings. The fraction of sp³-hybridized carbons (Fsp3) is 0.267. The fourth-order valence-electron chi connectivity index (χ4n) is 2.69. The van der Waals surface area contributed by atoms with Crippen LogP contribution in [0, 0.1) is 6.92 Å². The number of aryl methyl sites for hydroxylation is 1. The van der Waals surface area contributed by atoms with Gasteiger partial charge in [0.1, 0.15) is 5.60 Å². The van der Waals surface area contributed by atoms with Crippen LogP contribution < -0.4 is 0 Å². The Kier molecular flexibility index (Phi) is 2.92. The minimum atomic E-state index is -3.31. The van der Waals surface area contributed by atoms with Crippen molar-refractivity contribution in [3.63, 3.8) is 0 Å². The van der Waals surface area contributed by atoms with Crippen LogP contribution in [0.15, 0.2) is 47.6 Å². The largest absolute Gasteiger partial charge is 0.380 e. The lowest BCUT2D eigenvalue weighted by molar-refractivity contribution is 0.0713. The molecule has 5 heteroatoms. The van der Waals surface area contributed by atoms with E-state index in [9.17, 15) is 13.5 Å². The van der Waals surface area contributed by atoms with Crippen LogP contribution in [0.5, 0.6) is 0 Å². The molecule has 0 aliphatic carbocycles. The molecule has 0 radical (unpaired) electrons. The highest BCUT2D eigenvalue weighted by Crippen LogP contribution is 2.41. The predicted molar refractivity (Wildman–Crippen MR) is 75.1 cm³/mol. The molecule has 104 valence electrons. The van der Waals surface area contributed by atoms with Gasteiger partial charge in [0, 0.05) is 23.5 Å². The van der Waals surface area contributed by atoms with E-state index in [2.05, 4.69) is 4.98 Å². The van der Waals surface area contributed by atoms with Gasteiger partial charge in [-0.2, -0.15) is 0 Å². The van der Waals surface area contributed by atoms with E-state index in [1.165, 1.54) is 0 Å². The number of rotatable bonds is 1. The summed E-state index contributed by atoms with van der Waals surface area (Å²) in [6, 6.07) is 8.50. The average Bonchev–Trinajstić information content (AvgIpc) is 2.44. The van der Waals surface area contributed by atoms with Crippen molar-refractivity contribution in [1.29, 1.82) is 0 Å². The summed E-state index contributed by atoms with van der Waals surface area (Å²) in [6.07, 6.45) is 3.46. The maximum atomic E-state index is 12.1. The summed E-state index contributed by atoms with van der Waals surface area (Å²) in [7, 11) is -3.31. The van der Waals surface area contributed by atoms with Gasteiger partial charge in [-0.25, -0.2) is 8.42 Å². The molecule has 1 aliphatic rings. The number of fused-ring (bicyclic) bond motifs is 1. The molecule has 0 bridgehead atoms. The van der Waals surface area contributed by atoms with E-state index in [1.54, 1.807) is 36.7 Å². The lowest BCUT2D eigenvalue weighted by atomic mass is 9.84. The zero-order valence-corrected chi connectivity index (χ0v) is 11.9. The summed E-state index contributed by atoms with van der Waals surface area (Å²) in [5.41, 5.74) is 0.723. The summed E-state index contributed by atoms with van der Waals surface area (Å²) in [6.45, 7) is 1.89. The molecule has 0 spiro atoms. The Morgan fingerprint density at radius 2 is 2.00 bits per heavy atom. The molecule has 2 aromatic rings. The van der Waals surface area contributed by atoms with Gasteiger partial charge >= 0.3 is 0 Å². The molecular formula is C15H15NO3S. The smallest absolute Gasteiger partial charge is 0.178 e. The molecule has 1 aliphatic heterocycles. The minimum absolute atomic E-state index is 0.0611. The van der Waals surface area contributed by atoms with Gasteiger partial charge in [-0.05, 0) is 31.0 Å². The molecule has 4 nitrogen and oxygen atoms in total. The molecule has 1 N–H and O–H groups in total. The van der Waals surface area contributed by atoms with E-state index in [0.29, 0.717) is 11.1 Å². The number of sulfone groups is 1. The SMILES string of the molecule is Cc1cncc(C2(O)CCS(=O)(=O)c3ccccc32)c1.